The fraction of sp³-hybridized carbons (Fsp3) is 0.200. The van der Waals surface area contributed by atoms with Crippen molar-refractivity contribution in [1.82, 2.24) is 5.32 Å². The van der Waals surface area contributed by atoms with Gasteiger partial charge in [-0.15, -0.1) is 0 Å². The number of hydrogen-bond donors (Lipinski definition) is 1. The van der Waals surface area contributed by atoms with Crippen LogP contribution < -0.4 is 14.8 Å². The maximum Gasteiger partial charge on any atom is 0.407 e. The summed E-state index contributed by atoms with van der Waals surface area (Å²) in [5.74, 6) is 1.00. The Morgan fingerprint density at radius 2 is 1.69 bits per heavy atom. The maximum atomic E-state index is 11.7. The molecule has 1 N–H and O–H groups in total. The van der Waals surface area contributed by atoms with Gasteiger partial charge in [0.1, 0.15) is 6.61 Å². The molecule has 0 fully saturated rings. The maximum absolute atomic E-state index is 11.7. The summed E-state index contributed by atoms with van der Waals surface area (Å²) < 4.78 is 15.5. The van der Waals surface area contributed by atoms with E-state index in [4.69, 9.17) is 14.2 Å². The molecular formula is C20H21NO5. The number of alkyl carbamates (subject to hydrolysis) is 1. The van der Waals surface area contributed by atoms with Crippen LogP contribution in [0.1, 0.15) is 21.5 Å². The van der Waals surface area contributed by atoms with Gasteiger partial charge in [-0.1, -0.05) is 42.5 Å². The first kappa shape index (κ1) is 19.1. The Labute approximate surface area is 152 Å². The van der Waals surface area contributed by atoms with Crippen molar-refractivity contribution < 1.29 is 23.8 Å². The summed E-state index contributed by atoms with van der Waals surface area (Å²) in [5, 5.41) is 2.62. The number of rotatable bonds is 8. The molecule has 0 spiro atoms. The fourth-order valence-electron chi connectivity index (χ4n) is 2.26. The van der Waals surface area contributed by atoms with E-state index in [1.165, 1.54) is 14.2 Å². The third-order valence-corrected chi connectivity index (χ3v) is 3.59. The summed E-state index contributed by atoms with van der Waals surface area (Å²) in [6.45, 7) is 0.474. The van der Waals surface area contributed by atoms with Crippen LogP contribution in [0.25, 0.3) is 6.08 Å². The van der Waals surface area contributed by atoms with Gasteiger partial charge in [0.15, 0.2) is 17.8 Å². The molecule has 0 saturated heterocycles. The molecule has 26 heavy (non-hydrogen) atoms. The normalized spacial score (nSPS) is 10.4. The number of methoxy groups -OCH3 is 2. The number of ether oxygens (including phenoxy) is 3. The van der Waals surface area contributed by atoms with Crippen molar-refractivity contribution in [3.63, 3.8) is 0 Å². The van der Waals surface area contributed by atoms with Gasteiger partial charge >= 0.3 is 6.09 Å². The number of carbonyl (C=O) groups excluding carboxylic acids is 2. The fourth-order valence-corrected chi connectivity index (χ4v) is 2.26. The summed E-state index contributed by atoms with van der Waals surface area (Å²) in [7, 11) is 3.03. The molecular weight excluding hydrogens is 334 g/mol. The molecule has 0 saturated carbocycles. The quantitative estimate of drug-likeness (QED) is 0.734. The number of amides is 1. The molecule has 0 bridgehead atoms. The molecule has 1 amide bonds. The van der Waals surface area contributed by atoms with E-state index in [-0.39, 0.29) is 13.2 Å². The van der Waals surface area contributed by atoms with E-state index in [2.05, 4.69) is 5.32 Å². The van der Waals surface area contributed by atoms with Crippen molar-refractivity contribution in [3.05, 3.63) is 65.2 Å². The van der Waals surface area contributed by atoms with Gasteiger partial charge in [0, 0.05) is 12.1 Å². The van der Waals surface area contributed by atoms with Gasteiger partial charge in [-0.05, 0) is 23.3 Å². The van der Waals surface area contributed by atoms with Crippen LogP contribution in [0.4, 0.5) is 4.79 Å². The Hall–Kier alpha value is -3.28. The first-order valence-electron chi connectivity index (χ1n) is 8.00. The highest BCUT2D eigenvalue weighted by Gasteiger charge is 2.09. The van der Waals surface area contributed by atoms with E-state index in [9.17, 15) is 9.59 Å². The van der Waals surface area contributed by atoms with E-state index < -0.39 is 6.09 Å². The Kier molecular flexibility index (Phi) is 7.24. The van der Waals surface area contributed by atoms with E-state index in [0.29, 0.717) is 22.6 Å². The largest absolute Gasteiger partial charge is 0.493 e. The summed E-state index contributed by atoms with van der Waals surface area (Å²) in [5.41, 5.74) is 2.04. The average Bonchev–Trinajstić information content (AvgIpc) is 2.69. The number of benzene rings is 2. The Bertz CT molecular complexity index is 771. The van der Waals surface area contributed by atoms with Gasteiger partial charge in [-0.25, -0.2) is 4.79 Å². The van der Waals surface area contributed by atoms with E-state index in [1.54, 1.807) is 24.3 Å². The van der Waals surface area contributed by atoms with Crippen molar-refractivity contribution in [2.75, 3.05) is 20.8 Å². The van der Waals surface area contributed by atoms with Gasteiger partial charge in [-0.3, -0.25) is 4.79 Å². The lowest BCUT2D eigenvalue weighted by Gasteiger charge is -2.10. The standard InChI is InChI=1S/C20H21NO5/c1-24-18-11-16(17(13-22)12-19(18)25-2)9-6-10-21-20(23)26-14-15-7-4-3-5-8-15/h3-9,11-13H,10,14H2,1-2H3,(H,21,23). The topological polar surface area (TPSA) is 73.9 Å². The predicted octanol–water partition coefficient (Wildman–Crippen LogP) is 3.46. The molecule has 6 nitrogen and oxygen atoms in total. The zero-order valence-corrected chi connectivity index (χ0v) is 14.7. The second kappa shape index (κ2) is 9.88. The number of aldehydes is 1. The van der Waals surface area contributed by atoms with Crippen molar-refractivity contribution in [2.45, 2.75) is 6.61 Å². The minimum atomic E-state index is -0.513. The lowest BCUT2D eigenvalue weighted by molar-refractivity contribution is 0.112. The summed E-state index contributed by atoms with van der Waals surface area (Å²) in [4.78, 5) is 22.9. The van der Waals surface area contributed by atoms with Crippen molar-refractivity contribution >= 4 is 18.5 Å². The lowest BCUT2D eigenvalue weighted by Crippen LogP contribution is -2.24. The molecule has 0 aromatic heterocycles. The Balaban J connectivity index is 1.89. The first-order valence-corrected chi connectivity index (χ1v) is 8.00. The number of nitrogens with one attached hydrogen (secondary N) is 1. The molecule has 0 aliphatic carbocycles. The minimum Gasteiger partial charge on any atom is -0.493 e. The smallest absolute Gasteiger partial charge is 0.407 e. The second-order valence-electron chi connectivity index (χ2n) is 5.30. The molecule has 0 heterocycles. The molecule has 0 atom stereocenters. The monoisotopic (exact) mass is 355 g/mol. The summed E-state index contributed by atoms with van der Waals surface area (Å²) in [6, 6.07) is 12.7. The number of carbonyl (C=O) groups is 2. The van der Waals surface area contributed by atoms with Crippen molar-refractivity contribution in [3.8, 4) is 11.5 Å². The zero-order chi connectivity index (χ0) is 18.8. The molecule has 6 heteroatoms. The Morgan fingerprint density at radius 3 is 2.31 bits per heavy atom. The van der Waals surface area contributed by atoms with Gasteiger partial charge < -0.3 is 19.5 Å². The Morgan fingerprint density at radius 1 is 1.04 bits per heavy atom. The summed E-state index contributed by atoms with van der Waals surface area (Å²) >= 11 is 0. The molecule has 0 unspecified atom stereocenters. The van der Waals surface area contributed by atoms with Crippen LogP contribution in [-0.4, -0.2) is 33.1 Å². The SMILES string of the molecule is COc1cc(C=O)c(C=CCNC(=O)OCc2ccccc2)cc1OC. The van der Waals surface area contributed by atoms with Gasteiger partial charge in [-0.2, -0.15) is 0 Å². The molecule has 136 valence electrons. The van der Waals surface area contributed by atoms with Gasteiger partial charge in [0.2, 0.25) is 0 Å². The third-order valence-electron chi connectivity index (χ3n) is 3.59. The minimum absolute atomic E-state index is 0.210. The van der Waals surface area contributed by atoms with Crippen LogP contribution in [0.2, 0.25) is 0 Å². The van der Waals surface area contributed by atoms with E-state index >= 15 is 0 Å². The predicted molar refractivity (Wildman–Crippen MR) is 98.6 cm³/mol. The highest BCUT2D eigenvalue weighted by molar-refractivity contribution is 5.83. The van der Waals surface area contributed by atoms with E-state index in [0.717, 1.165) is 11.8 Å². The van der Waals surface area contributed by atoms with Crippen LogP contribution in [0.15, 0.2) is 48.5 Å². The van der Waals surface area contributed by atoms with Crippen LogP contribution in [-0.2, 0) is 11.3 Å². The highest BCUT2D eigenvalue weighted by atomic mass is 16.5. The number of hydrogen-bond acceptors (Lipinski definition) is 5. The van der Waals surface area contributed by atoms with Crippen LogP contribution in [0.3, 0.4) is 0 Å². The van der Waals surface area contributed by atoms with E-state index in [1.807, 2.05) is 30.3 Å². The van der Waals surface area contributed by atoms with Gasteiger partial charge in [0.25, 0.3) is 0 Å². The molecule has 2 aromatic rings. The molecule has 2 rings (SSSR count). The van der Waals surface area contributed by atoms with Gasteiger partial charge in [0.05, 0.1) is 14.2 Å². The molecule has 0 radical (unpaired) electrons. The van der Waals surface area contributed by atoms with Crippen LogP contribution in [0, 0.1) is 0 Å². The second-order valence-corrected chi connectivity index (χ2v) is 5.30. The van der Waals surface area contributed by atoms with Crippen molar-refractivity contribution in [2.24, 2.45) is 0 Å². The zero-order valence-electron chi connectivity index (χ0n) is 14.7. The average molecular weight is 355 g/mol. The lowest BCUT2D eigenvalue weighted by atomic mass is 10.1. The first-order chi connectivity index (χ1) is 12.7. The van der Waals surface area contributed by atoms with Crippen LogP contribution >= 0.6 is 0 Å². The van der Waals surface area contributed by atoms with Crippen LogP contribution in [0.5, 0.6) is 11.5 Å². The molecule has 0 aliphatic heterocycles. The third kappa shape index (κ3) is 5.37. The molecule has 0 aliphatic rings. The summed E-state index contributed by atoms with van der Waals surface area (Å²) in [6.07, 6.45) is 3.67. The van der Waals surface area contributed by atoms with Crippen molar-refractivity contribution in [1.29, 1.82) is 0 Å². The molecule has 2 aromatic carbocycles. The highest BCUT2D eigenvalue weighted by Crippen LogP contribution is 2.30.